The molecule has 0 saturated heterocycles. The zero-order chi connectivity index (χ0) is 13.5. The van der Waals surface area contributed by atoms with Gasteiger partial charge in [-0.3, -0.25) is 4.90 Å². The Bertz CT molecular complexity index is 371. The van der Waals surface area contributed by atoms with Gasteiger partial charge in [-0.1, -0.05) is 29.8 Å². The summed E-state index contributed by atoms with van der Waals surface area (Å²) in [6.07, 6.45) is 1.05. The number of hydrogen-bond acceptors (Lipinski definition) is 2. The van der Waals surface area contributed by atoms with Crippen molar-refractivity contribution in [1.29, 1.82) is 0 Å². The fourth-order valence-electron chi connectivity index (χ4n) is 1.76. The standard InChI is InChI=1S/C14H21BrFNO/c1-11(2)5-6-17(7-8-18)10-12-9-13(15)3-4-14(12)16/h3-4,9,11,18H,5-8,10H2,1-2H3. The van der Waals surface area contributed by atoms with Crippen molar-refractivity contribution in [2.45, 2.75) is 26.8 Å². The van der Waals surface area contributed by atoms with Gasteiger partial charge in [0.1, 0.15) is 5.82 Å². The molecule has 0 aliphatic rings. The third-order valence-electron chi connectivity index (χ3n) is 2.84. The van der Waals surface area contributed by atoms with Crippen LogP contribution in [-0.2, 0) is 6.54 Å². The summed E-state index contributed by atoms with van der Waals surface area (Å²) >= 11 is 3.35. The topological polar surface area (TPSA) is 23.5 Å². The molecule has 4 heteroatoms. The van der Waals surface area contributed by atoms with Gasteiger partial charge in [0.2, 0.25) is 0 Å². The molecule has 0 saturated carbocycles. The van der Waals surface area contributed by atoms with Crippen LogP contribution in [0.4, 0.5) is 4.39 Å². The predicted octanol–water partition coefficient (Wildman–Crippen LogP) is 3.43. The van der Waals surface area contributed by atoms with Crippen molar-refractivity contribution in [2.24, 2.45) is 5.92 Å². The molecular formula is C14H21BrFNO. The minimum atomic E-state index is -0.189. The number of nitrogens with zero attached hydrogens (tertiary/aromatic N) is 1. The molecule has 0 fully saturated rings. The van der Waals surface area contributed by atoms with Gasteiger partial charge >= 0.3 is 0 Å². The summed E-state index contributed by atoms with van der Waals surface area (Å²) in [5.41, 5.74) is 0.668. The average Bonchev–Trinajstić information content (AvgIpc) is 2.31. The van der Waals surface area contributed by atoms with Gasteiger partial charge in [0.15, 0.2) is 0 Å². The van der Waals surface area contributed by atoms with Crippen LogP contribution < -0.4 is 0 Å². The van der Waals surface area contributed by atoms with E-state index in [0.717, 1.165) is 17.4 Å². The molecule has 0 heterocycles. The lowest BCUT2D eigenvalue weighted by molar-refractivity contribution is 0.182. The fourth-order valence-corrected chi connectivity index (χ4v) is 2.17. The van der Waals surface area contributed by atoms with Crippen molar-refractivity contribution >= 4 is 15.9 Å². The van der Waals surface area contributed by atoms with E-state index in [1.807, 2.05) is 0 Å². The molecule has 1 N–H and O–H groups in total. The number of aliphatic hydroxyl groups is 1. The van der Waals surface area contributed by atoms with Crippen molar-refractivity contribution in [3.05, 3.63) is 34.1 Å². The largest absolute Gasteiger partial charge is 0.395 e. The maximum atomic E-state index is 13.7. The maximum Gasteiger partial charge on any atom is 0.127 e. The number of aliphatic hydroxyl groups excluding tert-OH is 1. The highest BCUT2D eigenvalue weighted by Crippen LogP contribution is 2.17. The van der Waals surface area contributed by atoms with Gasteiger partial charge in [0.25, 0.3) is 0 Å². The van der Waals surface area contributed by atoms with E-state index in [2.05, 4.69) is 34.7 Å². The molecule has 102 valence electrons. The Morgan fingerprint density at radius 2 is 2.06 bits per heavy atom. The van der Waals surface area contributed by atoms with E-state index in [1.54, 1.807) is 12.1 Å². The molecule has 0 atom stereocenters. The Balaban J connectivity index is 2.66. The van der Waals surface area contributed by atoms with E-state index < -0.39 is 0 Å². The SMILES string of the molecule is CC(C)CCN(CCO)Cc1cc(Br)ccc1F. The Kier molecular flexibility index (Phi) is 6.82. The van der Waals surface area contributed by atoms with E-state index in [4.69, 9.17) is 5.11 Å². The van der Waals surface area contributed by atoms with Crippen LogP contribution in [0.15, 0.2) is 22.7 Å². The smallest absolute Gasteiger partial charge is 0.127 e. The second-order valence-corrected chi connectivity index (χ2v) is 5.83. The van der Waals surface area contributed by atoms with Crippen LogP contribution in [0.3, 0.4) is 0 Å². The third-order valence-corrected chi connectivity index (χ3v) is 3.33. The highest BCUT2D eigenvalue weighted by molar-refractivity contribution is 9.10. The summed E-state index contributed by atoms with van der Waals surface area (Å²) in [7, 11) is 0. The van der Waals surface area contributed by atoms with E-state index in [9.17, 15) is 4.39 Å². The van der Waals surface area contributed by atoms with Crippen molar-refractivity contribution < 1.29 is 9.50 Å². The zero-order valence-electron chi connectivity index (χ0n) is 11.0. The van der Waals surface area contributed by atoms with Crippen LogP contribution in [0.25, 0.3) is 0 Å². The molecule has 0 aromatic heterocycles. The fraction of sp³-hybridized carbons (Fsp3) is 0.571. The Labute approximate surface area is 117 Å². The summed E-state index contributed by atoms with van der Waals surface area (Å²) in [6.45, 7) is 6.43. The van der Waals surface area contributed by atoms with Crippen LogP contribution in [0.1, 0.15) is 25.8 Å². The summed E-state index contributed by atoms with van der Waals surface area (Å²) < 4.78 is 14.5. The van der Waals surface area contributed by atoms with Gasteiger partial charge in [-0.15, -0.1) is 0 Å². The van der Waals surface area contributed by atoms with Crippen LogP contribution >= 0.6 is 15.9 Å². The highest BCUT2D eigenvalue weighted by atomic mass is 79.9. The van der Waals surface area contributed by atoms with Gasteiger partial charge in [0, 0.05) is 23.1 Å². The monoisotopic (exact) mass is 317 g/mol. The number of halogens is 2. The molecule has 1 aromatic rings. The summed E-state index contributed by atoms with van der Waals surface area (Å²) in [5.74, 6) is 0.421. The molecule has 1 rings (SSSR count). The summed E-state index contributed by atoms with van der Waals surface area (Å²) in [5, 5.41) is 9.06. The number of rotatable bonds is 7. The maximum absolute atomic E-state index is 13.7. The predicted molar refractivity (Wildman–Crippen MR) is 75.9 cm³/mol. The summed E-state index contributed by atoms with van der Waals surface area (Å²) in [4.78, 5) is 2.09. The van der Waals surface area contributed by atoms with Gasteiger partial charge in [0.05, 0.1) is 6.61 Å². The molecule has 0 bridgehead atoms. The zero-order valence-corrected chi connectivity index (χ0v) is 12.6. The van der Waals surface area contributed by atoms with Gasteiger partial charge in [-0.2, -0.15) is 0 Å². The minimum absolute atomic E-state index is 0.105. The van der Waals surface area contributed by atoms with Crippen LogP contribution in [0, 0.1) is 11.7 Å². The van der Waals surface area contributed by atoms with Gasteiger partial charge in [-0.25, -0.2) is 4.39 Å². The van der Waals surface area contributed by atoms with E-state index >= 15 is 0 Å². The molecule has 0 amide bonds. The molecule has 1 aromatic carbocycles. The lowest BCUT2D eigenvalue weighted by Gasteiger charge is -2.22. The van der Waals surface area contributed by atoms with Gasteiger partial charge in [-0.05, 0) is 37.1 Å². The first-order valence-corrected chi connectivity index (χ1v) is 7.09. The average molecular weight is 318 g/mol. The first-order chi connectivity index (χ1) is 8.52. The highest BCUT2D eigenvalue weighted by Gasteiger charge is 2.10. The van der Waals surface area contributed by atoms with Crippen LogP contribution in [-0.4, -0.2) is 29.7 Å². The lowest BCUT2D eigenvalue weighted by Crippen LogP contribution is -2.28. The molecule has 0 spiro atoms. The molecule has 0 radical (unpaired) electrons. The number of benzene rings is 1. The lowest BCUT2D eigenvalue weighted by atomic mass is 10.1. The van der Waals surface area contributed by atoms with Crippen molar-refractivity contribution in [3.8, 4) is 0 Å². The molecule has 2 nitrogen and oxygen atoms in total. The molecule has 0 aliphatic heterocycles. The minimum Gasteiger partial charge on any atom is -0.395 e. The molecule has 18 heavy (non-hydrogen) atoms. The second-order valence-electron chi connectivity index (χ2n) is 4.92. The molecular weight excluding hydrogens is 297 g/mol. The van der Waals surface area contributed by atoms with Crippen molar-refractivity contribution in [2.75, 3.05) is 19.7 Å². The Morgan fingerprint density at radius 3 is 2.67 bits per heavy atom. The van der Waals surface area contributed by atoms with Crippen LogP contribution in [0.2, 0.25) is 0 Å². The summed E-state index contributed by atoms with van der Waals surface area (Å²) in [6, 6.07) is 4.97. The Hall–Kier alpha value is -0.450. The third kappa shape index (κ3) is 5.46. The quantitative estimate of drug-likeness (QED) is 0.832. The van der Waals surface area contributed by atoms with Crippen molar-refractivity contribution in [1.82, 2.24) is 4.90 Å². The molecule has 0 unspecified atom stereocenters. The van der Waals surface area contributed by atoms with E-state index in [-0.39, 0.29) is 12.4 Å². The second kappa shape index (κ2) is 7.87. The van der Waals surface area contributed by atoms with Gasteiger partial charge < -0.3 is 5.11 Å². The van der Waals surface area contributed by atoms with Crippen LogP contribution in [0.5, 0.6) is 0 Å². The Morgan fingerprint density at radius 1 is 1.33 bits per heavy atom. The van der Waals surface area contributed by atoms with E-state index in [0.29, 0.717) is 24.6 Å². The normalized spacial score (nSPS) is 11.5. The first-order valence-electron chi connectivity index (χ1n) is 6.30. The van der Waals surface area contributed by atoms with Crippen molar-refractivity contribution in [3.63, 3.8) is 0 Å². The molecule has 0 aliphatic carbocycles. The van der Waals surface area contributed by atoms with E-state index in [1.165, 1.54) is 6.07 Å². The number of hydrogen-bond donors (Lipinski definition) is 1. The first kappa shape index (κ1) is 15.6.